The second-order valence-electron chi connectivity index (χ2n) is 4.69. The maximum atomic E-state index is 2.33. The number of hydrogen-bond donors (Lipinski definition) is 0. The summed E-state index contributed by atoms with van der Waals surface area (Å²) in [6, 6.07) is 8.60. The smallest absolute Gasteiger partial charge is 0.0808 e. The van der Waals surface area contributed by atoms with Crippen molar-refractivity contribution in [3.63, 3.8) is 0 Å². The summed E-state index contributed by atoms with van der Waals surface area (Å²) in [5.74, 6) is 0. The zero-order valence-corrected chi connectivity index (χ0v) is 10.5. The maximum absolute atomic E-state index is 2.33. The number of allylic oxidation sites excluding steroid dienone is 3. The highest BCUT2D eigenvalue weighted by atomic mass is 15.2. The van der Waals surface area contributed by atoms with E-state index in [0.29, 0.717) is 0 Å². The van der Waals surface area contributed by atoms with Gasteiger partial charge in [-0.15, -0.1) is 0 Å². The van der Waals surface area contributed by atoms with Crippen LogP contribution in [0, 0.1) is 6.92 Å². The summed E-state index contributed by atoms with van der Waals surface area (Å²) < 4.78 is 0. The SMILES string of the molecule is CC1=CC=CC(C)(c2ccccc2C)N1C. The lowest BCUT2D eigenvalue weighted by Gasteiger charge is -2.42. The largest absolute Gasteiger partial charge is 0.365 e. The Balaban J connectivity index is 2.52. The van der Waals surface area contributed by atoms with Gasteiger partial charge in [-0.25, -0.2) is 0 Å². The first-order valence-electron chi connectivity index (χ1n) is 5.72. The van der Waals surface area contributed by atoms with Gasteiger partial charge in [-0.2, -0.15) is 0 Å². The van der Waals surface area contributed by atoms with Gasteiger partial charge in [0, 0.05) is 12.7 Å². The second kappa shape index (κ2) is 3.82. The second-order valence-corrected chi connectivity index (χ2v) is 4.69. The Morgan fingerprint density at radius 2 is 1.81 bits per heavy atom. The lowest BCUT2D eigenvalue weighted by Crippen LogP contribution is -2.40. The molecule has 0 amide bonds. The highest BCUT2D eigenvalue weighted by Gasteiger charge is 2.31. The molecule has 0 aromatic heterocycles. The zero-order valence-electron chi connectivity index (χ0n) is 10.5. The van der Waals surface area contributed by atoms with Gasteiger partial charge in [-0.3, -0.25) is 0 Å². The Bertz CT molecular complexity index is 456. The third-order valence-corrected chi connectivity index (χ3v) is 3.67. The molecule has 1 aliphatic heterocycles. The Morgan fingerprint density at radius 3 is 2.50 bits per heavy atom. The van der Waals surface area contributed by atoms with Crippen LogP contribution in [0.1, 0.15) is 25.0 Å². The number of hydrogen-bond acceptors (Lipinski definition) is 1. The first-order chi connectivity index (χ1) is 7.55. The molecule has 0 N–H and O–H groups in total. The van der Waals surface area contributed by atoms with Gasteiger partial charge in [0.25, 0.3) is 0 Å². The molecule has 0 fully saturated rings. The molecule has 0 spiro atoms. The van der Waals surface area contributed by atoms with Crippen LogP contribution < -0.4 is 0 Å². The van der Waals surface area contributed by atoms with Crippen molar-refractivity contribution in [1.82, 2.24) is 4.90 Å². The number of rotatable bonds is 1. The van der Waals surface area contributed by atoms with E-state index in [1.807, 2.05) is 0 Å². The van der Waals surface area contributed by atoms with Crippen LogP contribution in [0.3, 0.4) is 0 Å². The highest BCUT2D eigenvalue weighted by molar-refractivity contribution is 5.39. The molecule has 1 unspecified atom stereocenters. The summed E-state index contributed by atoms with van der Waals surface area (Å²) in [6.45, 7) is 6.60. The average Bonchev–Trinajstić information content (AvgIpc) is 2.26. The van der Waals surface area contributed by atoms with Crippen molar-refractivity contribution >= 4 is 0 Å². The fourth-order valence-electron chi connectivity index (χ4n) is 2.38. The van der Waals surface area contributed by atoms with Gasteiger partial charge in [0.2, 0.25) is 0 Å². The molecule has 0 saturated heterocycles. The lowest BCUT2D eigenvalue weighted by molar-refractivity contribution is 0.237. The van der Waals surface area contributed by atoms with Crippen LogP contribution in [0.25, 0.3) is 0 Å². The van der Waals surface area contributed by atoms with E-state index in [4.69, 9.17) is 0 Å². The van der Waals surface area contributed by atoms with Gasteiger partial charge >= 0.3 is 0 Å². The van der Waals surface area contributed by atoms with Crippen LogP contribution >= 0.6 is 0 Å². The molecule has 2 rings (SSSR count). The number of aryl methyl sites for hydroxylation is 1. The van der Waals surface area contributed by atoms with E-state index >= 15 is 0 Å². The molecule has 84 valence electrons. The minimum Gasteiger partial charge on any atom is -0.365 e. The van der Waals surface area contributed by atoms with E-state index in [1.165, 1.54) is 16.8 Å². The van der Waals surface area contributed by atoms with Crippen LogP contribution in [0.5, 0.6) is 0 Å². The summed E-state index contributed by atoms with van der Waals surface area (Å²) in [5, 5.41) is 0. The van der Waals surface area contributed by atoms with Crippen molar-refractivity contribution in [1.29, 1.82) is 0 Å². The normalized spacial score (nSPS) is 24.5. The number of benzene rings is 1. The van der Waals surface area contributed by atoms with Gasteiger partial charge in [0.1, 0.15) is 0 Å². The van der Waals surface area contributed by atoms with Crippen LogP contribution in [0.4, 0.5) is 0 Å². The molecule has 1 aromatic rings. The first kappa shape index (κ1) is 11.0. The van der Waals surface area contributed by atoms with Crippen LogP contribution in [0.2, 0.25) is 0 Å². The number of nitrogens with zero attached hydrogens (tertiary/aromatic N) is 1. The van der Waals surface area contributed by atoms with E-state index in [0.717, 1.165) is 0 Å². The molecule has 0 radical (unpaired) electrons. The van der Waals surface area contributed by atoms with Gasteiger partial charge in [0.15, 0.2) is 0 Å². The fourth-order valence-corrected chi connectivity index (χ4v) is 2.38. The Morgan fingerprint density at radius 1 is 1.12 bits per heavy atom. The van der Waals surface area contributed by atoms with Crippen LogP contribution in [0.15, 0.2) is 48.2 Å². The van der Waals surface area contributed by atoms with Gasteiger partial charge < -0.3 is 4.90 Å². The predicted molar refractivity (Wildman–Crippen MR) is 69.2 cm³/mol. The molecule has 0 saturated carbocycles. The minimum absolute atomic E-state index is 0.0236. The van der Waals surface area contributed by atoms with E-state index < -0.39 is 0 Å². The molecular formula is C15H19N. The monoisotopic (exact) mass is 213 g/mol. The Hall–Kier alpha value is -1.50. The average molecular weight is 213 g/mol. The predicted octanol–water partition coefficient (Wildman–Crippen LogP) is 3.62. The number of likely N-dealkylation sites (N-methyl/N-ethyl adjacent to an activating group) is 1. The minimum atomic E-state index is -0.0236. The Labute approximate surface area is 98.1 Å². The Kier molecular flexibility index (Phi) is 2.63. The molecular weight excluding hydrogens is 194 g/mol. The van der Waals surface area contributed by atoms with Gasteiger partial charge in [-0.1, -0.05) is 36.4 Å². The summed E-state index contributed by atoms with van der Waals surface area (Å²) >= 11 is 0. The van der Waals surface area contributed by atoms with E-state index in [9.17, 15) is 0 Å². The lowest BCUT2D eigenvalue weighted by atomic mass is 9.85. The fraction of sp³-hybridized carbons (Fsp3) is 0.333. The third-order valence-electron chi connectivity index (χ3n) is 3.67. The molecule has 1 aromatic carbocycles. The van der Waals surface area contributed by atoms with E-state index in [-0.39, 0.29) is 5.54 Å². The molecule has 1 atom stereocenters. The highest BCUT2D eigenvalue weighted by Crippen LogP contribution is 2.35. The third kappa shape index (κ3) is 1.57. The van der Waals surface area contributed by atoms with Crippen molar-refractivity contribution in [2.45, 2.75) is 26.3 Å². The van der Waals surface area contributed by atoms with E-state index in [1.54, 1.807) is 0 Å². The van der Waals surface area contributed by atoms with Gasteiger partial charge in [0.05, 0.1) is 5.54 Å². The van der Waals surface area contributed by atoms with Crippen molar-refractivity contribution in [3.8, 4) is 0 Å². The van der Waals surface area contributed by atoms with Crippen molar-refractivity contribution < 1.29 is 0 Å². The van der Waals surface area contributed by atoms with Crippen molar-refractivity contribution in [3.05, 3.63) is 59.3 Å². The van der Waals surface area contributed by atoms with Gasteiger partial charge in [-0.05, 0) is 38.0 Å². The quantitative estimate of drug-likeness (QED) is 0.688. The topological polar surface area (TPSA) is 3.24 Å². The van der Waals surface area contributed by atoms with E-state index in [2.05, 4.69) is 75.2 Å². The molecule has 1 nitrogen and oxygen atoms in total. The van der Waals surface area contributed by atoms with Crippen molar-refractivity contribution in [2.24, 2.45) is 0 Å². The summed E-state index contributed by atoms with van der Waals surface area (Å²) in [4.78, 5) is 2.33. The summed E-state index contributed by atoms with van der Waals surface area (Å²) in [7, 11) is 2.15. The molecule has 0 aliphatic carbocycles. The molecule has 0 bridgehead atoms. The van der Waals surface area contributed by atoms with Crippen LogP contribution in [-0.2, 0) is 5.54 Å². The summed E-state index contributed by atoms with van der Waals surface area (Å²) in [6.07, 6.45) is 6.57. The summed E-state index contributed by atoms with van der Waals surface area (Å²) in [5.41, 5.74) is 4.00. The molecule has 1 aliphatic rings. The molecule has 1 heterocycles. The standard InChI is InChI=1S/C15H19N/c1-12-8-5-6-10-14(12)15(3)11-7-9-13(2)16(15)4/h5-11H,1-4H3. The first-order valence-corrected chi connectivity index (χ1v) is 5.72. The maximum Gasteiger partial charge on any atom is 0.0808 e. The molecule has 16 heavy (non-hydrogen) atoms. The van der Waals surface area contributed by atoms with Crippen LogP contribution in [-0.4, -0.2) is 11.9 Å². The van der Waals surface area contributed by atoms with Crippen molar-refractivity contribution in [2.75, 3.05) is 7.05 Å². The molecule has 1 heteroatoms. The zero-order chi connectivity index (χ0) is 11.8.